The third-order valence-corrected chi connectivity index (χ3v) is 3.81. The molecular weight excluding hydrogens is 224 g/mol. The summed E-state index contributed by atoms with van der Waals surface area (Å²) < 4.78 is 6.04. The molecular formula is C15H24N2O. The van der Waals surface area contributed by atoms with Gasteiger partial charge in [-0.1, -0.05) is 6.92 Å². The van der Waals surface area contributed by atoms with E-state index < -0.39 is 0 Å². The van der Waals surface area contributed by atoms with Crippen LogP contribution in [0, 0.1) is 0 Å². The Bertz CT molecular complexity index is 363. The van der Waals surface area contributed by atoms with E-state index in [0.717, 1.165) is 24.4 Å². The summed E-state index contributed by atoms with van der Waals surface area (Å²) in [4.78, 5) is 2.53. The summed E-state index contributed by atoms with van der Waals surface area (Å²) in [6, 6.07) is 8.35. The van der Waals surface area contributed by atoms with Crippen molar-refractivity contribution in [2.45, 2.75) is 45.3 Å². The molecule has 1 aromatic carbocycles. The molecule has 1 aromatic rings. The highest BCUT2D eigenvalue weighted by molar-refractivity contribution is 5.41. The van der Waals surface area contributed by atoms with Crippen LogP contribution in [0.1, 0.15) is 33.1 Å². The molecule has 100 valence electrons. The van der Waals surface area contributed by atoms with Crippen molar-refractivity contribution in [2.75, 3.05) is 18.8 Å². The van der Waals surface area contributed by atoms with Gasteiger partial charge in [-0.25, -0.2) is 0 Å². The van der Waals surface area contributed by atoms with E-state index in [4.69, 9.17) is 10.5 Å². The lowest BCUT2D eigenvalue weighted by Crippen LogP contribution is -2.45. The first-order valence-electron chi connectivity index (χ1n) is 6.95. The topological polar surface area (TPSA) is 38.5 Å². The summed E-state index contributed by atoms with van der Waals surface area (Å²) in [5.41, 5.74) is 6.46. The third-order valence-electron chi connectivity index (χ3n) is 3.81. The average Bonchev–Trinajstić information content (AvgIpc) is 2.41. The lowest BCUT2D eigenvalue weighted by Gasteiger charge is -2.36. The van der Waals surface area contributed by atoms with Gasteiger partial charge in [0.2, 0.25) is 0 Å². The fraction of sp³-hybridized carbons (Fsp3) is 0.600. The number of anilines is 1. The van der Waals surface area contributed by atoms with Crippen molar-refractivity contribution in [1.82, 2.24) is 4.90 Å². The molecule has 1 fully saturated rings. The second-order valence-corrected chi connectivity index (χ2v) is 5.20. The van der Waals surface area contributed by atoms with Crippen molar-refractivity contribution >= 4 is 5.69 Å². The van der Waals surface area contributed by atoms with Crippen LogP contribution in [-0.4, -0.2) is 30.1 Å². The smallest absolute Gasteiger partial charge is 0.119 e. The maximum Gasteiger partial charge on any atom is 0.119 e. The minimum absolute atomic E-state index is 0.316. The van der Waals surface area contributed by atoms with Crippen LogP contribution in [0.2, 0.25) is 0 Å². The Labute approximate surface area is 110 Å². The molecule has 2 unspecified atom stereocenters. The summed E-state index contributed by atoms with van der Waals surface area (Å²) in [6.07, 6.45) is 3.90. The molecule has 2 atom stereocenters. The van der Waals surface area contributed by atoms with Crippen LogP contribution >= 0.6 is 0 Å². The average molecular weight is 248 g/mol. The van der Waals surface area contributed by atoms with Gasteiger partial charge in [-0.3, -0.25) is 4.90 Å². The standard InChI is InChI=1S/C15H24N2O/c1-3-12(2)17-10-4-5-15(11-17)18-14-8-6-13(16)7-9-14/h6-9,12,15H,3-5,10-11,16H2,1-2H3. The Morgan fingerprint density at radius 2 is 2.11 bits per heavy atom. The first kappa shape index (κ1) is 13.2. The maximum absolute atomic E-state index is 6.04. The second kappa shape index (κ2) is 6.10. The van der Waals surface area contributed by atoms with Crippen LogP contribution in [0.25, 0.3) is 0 Å². The molecule has 0 aromatic heterocycles. The molecule has 2 rings (SSSR count). The molecule has 3 nitrogen and oxygen atoms in total. The van der Waals surface area contributed by atoms with Gasteiger partial charge in [0, 0.05) is 18.3 Å². The zero-order valence-electron chi connectivity index (χ0n) is 11.4. The highest BCUT2D eigenvalue weighted by atomic mass is 16.5. The van der Waals surface area contributed by atoms with E-state index >= 15 is 0 Å². The fourth-order valence-corrected chi connectivity index (χ4v) is 2.46. The van der Waals surface area contributed by atoms with Crippen molar-refractivity contribution in [1.29, 1.82) is 0 Å². The van der Waals surface area contributed by atoms with E-state index in [9.17, 15) is 0 Å². The van der Waals surface area contributed by atoms with Crippen LogP contribution in [-0.2, 0) is 0 Å². The van der Waals surface area contributed by atoms with E-state index in [2.05, 4.69) is 18.7 Å². The van der Waals surface area contributed by atoms with E-state index in [0.29, 0.717) is 12.1 Å². The molecule has 0 bridgehead atoms. The maximum atomic E-state index is 6.04. The van der Waals surface area contributed by atoms with E-state index in [1.807, 2.05) is 24.3 Å². The zero-order chi connectivity index (χ0) is 13.0. The largest absolute Gasteiger partial charge is 0.489 e. The predicted octanol–water partition coefficient (Wildman–Crippen LogP) is 2.91. The van der Waals surface area contributed by atoms with Gasteiger partial charge >= 0.3 is 0 Å². The van der Waals surface area contributed by atoms with Gasteiger partial charge in [-0.2, -0.15) is 0 Å². The molecule has 0 spiro atoms. The van der Waals surface area contributed by atoms with Gasteiger partial charge in [-0.05, 0) is 57.0 Å². The van der Waals surface area contributed by atoms with Gasteiger partial charge in [0.15, 0.2) is 0 Å². The molecule has 2 N–H and O–H groups in total. The van der Waals surface area contributed by atoms with E-state index in [1.54, 1.807) is 0 Å². The van der Waals surface area contributed by atoms with Crippen LogP contribution < -0.4 is 10.5 Å². The van der Waals surface area contributed by atoms with Crippen molar-refractivity contribution < 1.29 is 4.74 Å². The van der Waals surface area contributed by atoms with Gasteiger partial charge < -0.3 is 10.5 Å². The number of benzene rings is 1. The van der Waals surface area contributed by atoms with E-state index in [-0.39, 0.29) is 0 Å². The Hall–Kier alpha value is -1.22. The lowest BCUT2D eigenvalue weighted by atomic mass is 10.1. The van der Waals surface area contributed by atoms with Crippen molar-refractivity contribution in [3.05, 3.63) is 24.3 Å². The highest BCUT2D eigenvalue weighted by Crippen LogP contribution is 2.21. The second-order valence-electron chi connectivity index (χ2n) is 5.20. The Morgan fingerprint density at radius 1 is 1.39 bits per heavy atom. The van der Waals surface area contributed by atoms with Crippen LogP contribution in [0.3, 0.4) is 0 Å². The number of hydrogen-bond donors (Lipinski definition) is 1. The summed E-state index contributed by atoms with van der Waals surface area (Å²) in [7, 11) is 0. The summed E-state index contributed by atoms with van der Waals surface area (Å²) in [6.45, 7) is 6.79. The third kappa shape index (κ3) is 3.39. The fourth-order valence-electron chi connectivity index (χ4n) is 2.46. The summed E-state index contributed by atoms with van der Waals surface area (Å²) in [5.74, 6) is 0.931. The molecule has 0 amide bonds. The quantitative estimate of drug-likeness (QED) is 0.833. The first-order valence-corrected chi connectivity index (χ1v) is 6.95. The number of likely N-dealkylation sites (tertiary alicyclic amines) is 1. The molecule has 1 aliphatic heterocycles. The van der Waals surface area contributed by atoms with Crippen molar-refractivity contribution in [3.63, 3.8) is 0 Å². The minimum Gasteiger partial charge on any atom is -0.489 e. The Balaban J connectivity index is 1.91. The Kier molecular flexibility index (Phi) is 4.48. The van der Waals surface area contributed by atoms with E-state index in [1.165, 1.54) is 19.4 Å². The van der Waals surface area contributed by atoms with Crippen LogP contribution in [0.5, 0.6) is 5.75 Å². The number of nitrogen functional groups attached to an aromatic ring is 1. The number of hydrogen-bond acceptors (Lipinski definition) is 3. The summed E-state index contributed by atoms with van der Waals surface area (Å²) >= 11 is 0. The number of piperidine rings is 1. The van der Waals surface area contributed by atoms with Crippen LogP contribution in [0.15, 0.2) is 24.3 Å². The van der Waals surface area contributed by atoms with Gasteiger partial charge in [-0.15, -0.1) is 0 Å². The predicted molar refractivity (Wildman–Crippen MR) is 75.8 cm³/mol. The first-order chi connectivity index (χ1) is 8.69. The SMILES string of the molecule is CCC(C)N1CCCC(Oc2ccc(N)cc2)C1. The monoisotopic (exact) mass is 248 g/mol. The number of ether oxygens (including phenoxy) is 1. The number of nitrogens with two attached hydrogens (primary N) is 1. The van der Waals surface area contributed by atoms with Gasteiger partial charge in [0.05, 0.1) is 0 Å². The Morgan fingerprint density at radius 3 is 2.78 bits per heavy atom. The molecule has 0 aliphatic carbocycles. The molecule has 0 saturated carbocycles. The van der Waals surface area contributed by atoms with Crippen LogP contribution in [0.4, 0.5) is 5.69 Å². The number of rotatable bonds is 4. The van der Waals surface area contributed by atoms with Crippen molar-refractivity contribution in [3.8, 4) is 5.75 Å². The summed E-state index contributed by atoms with van der Waals surface area (Å²) in [5, 5.41) is 0. The normalized spacial score (nSPS) is 22.7. The van der Waals surface area contributed by atoms with Crippen molar-refractivity contribution in [2.24, 2.45) is 0 Å². The molecule has 1 saturated heterocycles. The molecule has 1 aliphatic rings. The molecule has 1 heterocycles. The minimum atomic E-state index is 0.316. The lowest BCUT2D eigenvalue weighted by molar-refractivity contribution is 0.0650. The molecule has 0 radical (unpaired) electrons. The highest BCUT2D eigenvalue weighted by Gasteiger charge is 2.23. The zero-order valence-corrected chi connectivity index (χ0v) is 11.4. The van der Waals surface area contributed by atoms with Gasteiger partial charge in [0.25, 0.3) is 0 Å². The van der Waals surface area contributed by atoms with Gasteiger partial charge in [0.1, 0.15) is 11.9 Å². The number of nitrogens with zero attached hydrogens (tertiary/aromatic N) is 1. The molecule has 3 heteroatoms. The molecule has 18 heavy (non-hydrogen) atoms.